The zero-order valence-corrected chi connectivity index (χ0v) is 14.4. The van der Waals surface area contributed by atoms with Crippen LogP contribution < -0.4 is 0 Å². The second-order valence-corrected chi connectivity index (χ2v) is 7.51. The van der Waals surface area contributed by atoms with E-state index >= 15 is 0 Å². The van der Waals surface area contributed by atoms with Crippen LogP contribution >= 0.6 is 22.9 Å². The van der Waals surface area contributed by atoms with Gasteiger partial charge in [0.15, 0.2) is 0 Å². The summed E-state index contributed by atoms with van der Waals surface area (Å²) in [6, 6.07) is 19.2. The molecule has 0 aliphatic carbocycles. The van der Waals surface area contributed by atoms with Gasteiger partial charge in [-0.05, 0) is 47.2 Å². The van der Waals surface area contributed by atoms with Crippen molar-refractivity contribution in [3.8, 4) is 0 Å². The third kappa shape index (κ3) is 3.35. The molecule has 0 bridgehead atoms. The van der Waals surface area contributed by atoms with E-state index in [1.165, 1.54) is 26.1 Å². The van der Waals surface area contributed by atoms with Crippen molar-refractivity contribution in [3.05, 3.63) is 76.1 Å². The van der Waals surface area contributed by atoms with Gasteiger partial charge in [-0.2, -0.15) is 0 Å². The van der Waals surface area contributed by atoms with E-state index in [1.807, 2.05) is 23.5 Å². The highest BCUT2D eigenvalue weighted by molar-refractivity contribution is 7.20. The fourth-order valence-corrected chi connectivity index (χ4v) is 4.32. The summed E-state index contributed by atoms with van der Waals surface area (Å²) in [6.07, 6.45) is 3.52. The van der Waals surface area contributed by atoms with Crippen molar-refractivity contribution in [2.75, 3.05) is 13.1 Å². The van der Waals surface area contributed by atoms with E-state index < -0.39 is 0 Å². The highest BCUT2D eigenvalue weighted by Crippen LogP contribution is 2.33. The third-order valence-corrected chi connectivity index (χ3v) is 5.80. The largest absolute Gasteiger partial charge is 0.295 e. The first-order chi connectivity index (χ1) is 11.3. The van der Waals surface area contributed by atoms with Crippen LogP contribution in [0.5, 0.6) is 0 Å². The van der Waals surface area contributed by atoms with E-state index in [-0.39, 0.29) is 0 Å². The van der Waals surface area contributed by atoms with Crippen LogP contribution in [0, 0.1) is 0 Å². The molecule has 0 amide bonds. The monoisotopic (exact) mass is 339 g/mol. The highest BCUT2D eigenvalue weighted by Gasteiger charge is 2.15. The molecule has 1 aliphatic rings. The summed E-state index contributed by atoms with van der Waals surface area (Å²) in [4.78, 5) is 3.91. The lowest BCUT2D eigenvalue weighted by Gasteiger charge is -2.26. The number of halogens is 1. The quantitative estimate of drug-likeness (QED) is 0.579. The Morgan fingerprint density at radius 3 is 2.61 bits per heavy atom. The highest BCUT2D eigenvalue weighted by atomic mass is 35.5. The van der Waals surface area contributed by atoms with E-state index in [4.69, 9.17) is 11.6 Å². The topological polar surface area (TPSA) is 3.24 Å². The average Bonchev–Trinajstić information content (AvgIpc) is 3.02. The van der Waals surface area contributed by atoms with Gasteiger partial charge >= 0.3 is 0 Å². The maximum absolute atomic E-state index is 5.95. The number of hydrogen-bond donors (Lipinski definition) is 0. The van der Waals surface area contributed by atoms with Crippen LogP contribution in [0.3, 0.4) is 0 Å². The molecular formula is C20H18ClNS. The van der Waals surface area contributed by atoms with E-state index in [1.54, 1.807) is 0 Å². The molecule has 0 saturated heterocycles. The van der Waals surface area contributed by atoms with Gasteiger partial charge in [0.1, 0.15) is 0 Å². The standard InChI is InChI=1S/C20H18ClNS/c21-18-7-5-15(6-8-18)14-22-11-9-16(10-12-22)20-13-17-3-1-2-4-19(17)23-20/h1-9,13H,10-12,14H2. The molecule has 0 fully saturated rings. The Morgan fingerprint density at radius 1 is 1.04 bits per heavy atom. The second-order valence-electron chi connectivity index (χ2n) is 5.99. The Bertz CT molecular complexity index is 814. The predicted molar refractivity (Wildman–Crippen MR) is 101 cm³/mol. The van der Waals surface area contributed by atoms with Crippen molar-refractivity contribution in [1.29, 1.82) is 0 Å². The fraction of sp³-hybridized carbons (Fsp3) is 0.200. The summed E-state index contributed by atoms with van der Waals surface area (Å²) >= 11 is 7.86. The summed E-state index contributed by atoms with van der Waals surface area (Å²) in [5.74, 6) is 0. The Balaban J connectivity index is 1.47. The molecule has 0 N–H and O–H groups in total. The molecule has 0 spiro atoms. The molecule has 1 nitrogen and oxygen atoms in total. The van der Waals surface area contributed by atoms with Gasteiger partial charge in [-0.1, -0.05) is 48.0 Å². The first kappa shape index (κ1) is 14.9. The van der Waals surface area contributed by atoms with Crippen molar-refractivity contribution in [2.45, 2.75) is 13.0 Å². The molecule has 2 aromatic carbocycles. The molecule has 3 aromatic rings. The lowest BCUT2D eigenvalue weighted by atomic mass is 10.1. The minimum Gasteiger partial charge on any atom is -0.295 e. The minimum atomic E-state index is 0.805. The molecule has 4 rings (SSSR count). The van der Waals surface area contributed by atoms with Crippen LogP contribution in [-0.2, 0) is 6.54 Å². The van der Waals surface area contributed by atoms with Crippen molar-refractivity contribution >= 4 is 38.6 Å². The molecule has 1 aromatic heterocycles. The normalized spacial score (nSPS) is 15.8. The molecule has 0 saturated carbocycles. The Hall–Kier alpha value is -1.61. The number of thiophene rings is 1. The van der Waals surface area contributed by atoms with E-state index in [0.717, 1.165) is 31.1 Å². The first-order valence-corrected chi connectivity index (χ1v) is 9.12. The Kier molecular flexibility index (Phi) is 4.21. The smallest absolute Gasteiger partial charge is 0.0406 e. The molecule has 23 heavy (non-hydrogen) atoms. The Morgan fingerprint density at radius 2 is 1.87 bits per heavy atom. The van der Waals surface area contributed by atoms with Crippen LogP contribution in [0.15, 0.2) is 60.7 Å². The number of rotatable bonds is 3. The third-order valence-electron chi connectivity index (χ3n) is 4.35. The van der Waals surface area contributed by atoms with Gasteiger partial charge in [-0.3, -0.25) is 4.90 Å². The van der Waals surface area contributed by atoms with Crippen LogP contribution in [0.25, 0.3) is 15.7 Å². The maximum Gasteiger partial charge on any atom is 0.0406 e. The molecule has 0 atom stereocenters. The van der Waals surface area contributed by atoms with Crippen LogP contribution in [0.1, 0.15) is 16.9 Å². The number of hydrogen-bond acceptors (Lipinski definition) is 2. The van der Waals surface area contributed by atoms with Gasteiger partial charge in [-0.25, -0.2) is 0 Å². The SMILES string of the molecule is Clc1ccc(CN2CC=C(c3cc4ccccc4s3)CC2)cc1. The van der Waals surface area contributed by atoms with Gasteiger partial charge in [0.2, 0.25) is 0 Å². The lowest BCUT2D eigenvalue weighted by molar-refractivity contribution is 0.294. The van der Waals surface area contributed by atoms with E-state index in [9.17, 15) is 0 Å². The van der Waals surface area contributed by atoms with Gasteiger partial charge in [0.05, 0.1) is 0 Å². The van der Waals surface area contributed by atoms with E-state index in [0.29, 0.717) is 0 Å². The van der Waals surface area contributed by atoms with Gasteiger partial charge in [-0.15, -0.1) is 11.3 Å². The first-order valence-electron chi connectivity index (χ1n) is 7.93. The second kappa shape index (κ2) is 6.48. The summed E-state index contributed by atoms with van der Waals surface area (Å²) < 4.78 is 1.38. The predicted octanol–water partition coefficient (Wildman–Crippen LogP) is 5.84. The van der Waals surface area contributed by atoms with Crippen LogP contribution in [0.2, 0.25) is 5.02 Å². The summed E-state index contributed by atoms with van der Waals surface area (Å²) in [5, 5.41) is 2.16. The van der Waals surface area contributed by atoms with Crippen molar-refractivity contribution in [1.82, 2.24) is 4.90 Å². The number of nitrogens with zero attached hydrogens (tertiary/aromatic N) is 1. The summed E-state index contributed by atoms with van der Waals surface area (Å²) in [7, 11) is 0. The molecule has 0 radical (unpaired) electrons. The van der Waals surface area contributed by atoms with Gasteiger partial charge in [0, 0.05) is 34.2 Å². The molecule has 2 heterocycles. The molecular weight excluding hydrogens is 322 g/mol. The number of benzene rings is 2. The molecule has 0 unspecified atom stereocenters. The maximum atomic E-state index is 5.95. The zero-order chi connectivity index (χ0) is 15.6. The summed E-state index contributed by atoms with van der Waals surface area (Å²) in [5.41, 5.74) is 2.83. The van der Waals surface area contributed by atoms with Crippen molar-refractivity contribution < 1.29 is 0 Å². The molecule has 3 heteroatoms. The minimum absolute atomic E-state index is 0.805. The average molecular weight is 340 g/mol. The van der Waals surface area contributed by atoms with Gasteiger partial charge in [0.25, 0.3) is 0 Å². The van der Waals surface area contributed by atoms with Crippen molar-refractivity contribution in [2.24, 2.45) is 0 Å². The zero-order valence-electron chi connectivity index (χ0n) is 12.8. The summed E-state index contributed by atoms with van der Waals surface area (Å²) in [6.45, 7) is 3.13. The van der Waals surface area contributed by atoms with Crippen LogP contribution in [0.4, 0.5) is 0 Å². The number of fused-ring (bicyclic) bond motifs is 1. The molecule has 116 valence electrons. The Labute approximate surface area is 145 Å². The molecule has 1 aliphatic heterocycles. The van der Waals surface area contributed by atoms with Crippen molar-refractivity contribution in [3.63, 3.8) is 0 Å². The fourth-order valence-electron chi connectivity index (χ4n) is 3.07. The van der Waals surface area contributed by atoms with Gasteiger partial charge < -0.3 is 0 Å². The lowest BCUT2D eigenvalue weighted by Crippen LogP contribution is -2.27. The van der Waals surface area contributed by atoms with Crippen LogP contribution in [-0.4, -0.2) is 18.0 Å². The van der Waals surface area contributed by atoms with E-state index in [2.05, 4.69) is 53.4 Å².